The third kappa shape index (κ3) is 2.51. The van der Waals surface area contributed by atoms with Crippen molar-refractivity contribution in [3.63, 3.8) is 0 Å². The number of hydrogen-bond donors (Lipinski definition) is 1. The maximum absolute atomic E-state index is 13.3. The van der Waals surface area contributed by atoms with Gasteiger partial charge in [-0.25, -0.2) is 4.39 Å². The van der Waals surface area contributed by atoms with Gasteiger partial charge in [0.15, 0.2) is 0 Å². The summed E-state index contributed by atoms with van der Waals surface area (Å²) in [4.78, 5) is 4.81. The molecule has 1 saturated carbocycles. The fourth-order valence-electron chi connectivity index (χ4n) is 3.12. The number of aromatic hydroxyl groups is 1. The molecule has 0 amide bonds. The van der Waals surface area contributed by atoms with Crippen molar-refractivity contribution < 1.29 is 9.50 Å². The summed E-state index contributed by atoms with van der Waals surface area (Å²) in [7, 11) is 0. The summed E-state index contributed by atoms with van der Waals surface area (Å²) in [5, 5.41) is 11.8. The van der Waals surface area contributed by atoms with E-state index in [1.165, 1.54) is 12.1 Å². The summed E-state index contributed by atoms with van der Waals surface area (Å²) < 4.78 is 13.3. The van der Waals surface area contributed by atoms with Crippen LogP contribution in [0.3, 0.4) is 0 Å². The van der Waals surface area contributed by atoms with Crippen molar-refractivity contribution in [2.75, 3.05) is 0 Å². The van der Waals surface area contributed by atoms with E-state index in [0.29, 0.717) is 11.2 Å². The van der Waals surface area contributed by atoms with E-state index >= 15 is 0 Å². The number of phenols is 1. The maximum Gasteiger partial charge on any atom is 0.125 e. The van der Waals surface area contributed by atoms with Gasteiger partial charge >= 0.3 is 0 Å². The van der Waals surface area contributed by atoms with Gasteiger partial charge in [0.05, 0.1) is 10.9 Å². The third-order valence-corrected chi connectivity index (χ3v) is 4.91. The lowest BCUT2D eigenvalue weighted by atomic mass is 9.93. The van der Waals surface area contributed by atoms with E-state index in [2.05, 4.69) is 15.9 Å². The molecule has 4 rings (SSSR count). The molecule has 3 aromatic rings. The highest BCUT2D eigenvalue weighted by Gasteiger charge is 2.30. The van der Waals surface area contributed by atoms with Crippen molar-refractivity contribution in [3.8, 4) is 16.9 Å². The average molecular weight is 372 g/mol. The Kier molecular flexibility index (Phi) is 3.57. The lowest BCUT2D eigenvalue weighted by molar-refractivity contribution is 0.481. The van der Waals surface area contributed by atoms with Gasteiger partial charge in [-0.2, -0.15) is 0 Å². The lowest BCUT2D eigenvalue weighted by Gasteiger charge is -2.17. The van der Waals surface area contributed by atoms with E-state index in [4.69, 9.17) is 4.98 Å². The van der Waals surface area contributed by atoms with Crippen LogP contribution in [0.4, 0.5) is 4.39 Å². The van der Waals surface area contributed by atoms with Gasteiger partial charge in [-0.15, -0.1) is 0 Å². The Balaban J connectivity index is 2.11. The largest absolute Gasteiger partial charge is 0.507 e. The molecule has 23 heavy (non-hydrogen) atoms. The molecule has 0 saturated heterocycles. The predicted octanol–water partition coefficient (Wildman–Crippen LogP) is 5.52. The molecule has 0 aliphatic heterocycles. The van der Waals surface area contributed by atoms with E-state index in [9.17, 15) is 9.50 Å². The highest BCUT2D eigenvalue weighted by molar-refractivity contribution is 9.08. The second-order valence-electron chi connectivity index (χ2n) is 5.94. The molecular formula is C19H15BrFNO. The van der Waals surface area contributed by atoms with Gasteiger partial charge in [0.25, 0.3) is 0 Å². The minimum atomic E-state index is -0.265. The highest BCUT2D eigenvalue weighted by Crippen LogP contribution is 2.46. The first-order chi connectivity index (χ1) is 11.2. The maximum atomic E-state index is 13.3. The van der Waals surface area contributed by atoms with E-state index in [0.717, 1.165) is 46.1 Å². The Morgan fingerprint density at radius 2 is 1.87 bits per heavy atom. The van der Waals surface area contributed by atoms with Crippen LogP contribution in [0, 0.1) is 5.82 Å². The molecule has 0 bridgehead atoms. The summed E-state index contributed by atoms with van der Waals surface area (Å²) in [6.45, 7) is 0. The first-order valence-corrected chi connectivity index (χ1v) is 8.77. The highest BCUT2D eigenvalue weighted by atomic mass is 79.9. The number of hydrogen-bond acceptors (Lipinski definition) is 2. The van der Waals surface area contributed by atoms with Crippen molar-refractivity contribution in [2.24, 2.45) is 0 Å². The van der Waals surface area contributed by atoms with Crippen LogP contribution >= 0.6 is 15.9 Å². The van der Waals surface area contributed by atoms with Crippen molar-refractivity contribution in [2.45, 2.75) is 24.1 Å². The number of halogens is 2. The fraction of sp³-hybridized carbons (Fsp3) is 0.211. The zero-order valence-electron chi connectivity index (χ0n) is 12.4. The lowest BCUT2D eigenvalue weighted by Crippen LogP contribution is -2.00. The molecule has 1 heterocycles. The number of fused-ring (bicyclic) bond motifs is 1. The van der Waals surface area contributed by atoms with Gasteiger partial charge in [-0.05, 0) is 48.2 Å². The number of nitrogens with zero attached hydrogens (tertiary/aromatic N) is 1. The number of phenolic OH excluding ortho intramolecular Hbond substituents is 1. The van der Waals surface area contributed by atoms with Gasteiger partial charge in [-0.1, -0.05) is 34.1 Å². The average Bonchev–Trinajstić information content (AvgIpc) is 3.39. The van der Waals surface area contributed by atoms with Crippen LogP contribution in [0.1, 0.15) is 30.0 Å². The predicted molar refractivity (Wildman–Crippen MR) is 93.4 cm³/mol. The summed E-state index contributed by atoms with van der Waals surface area (Å²) in [6, 6.07) is 11.8. The molecule has 2 aromatic carbocycles. The summed E-state index contributed by atoms with van der Waals surface area (Å²) in [5.74, 6) is 0.437. The van der Waals surface area contributed by atoms with Crippen molar-refractivity contribution in [3.05, 3.63) is 59.5 Å². The third-order valence-electron chi connectivity index (χ3n) is 4.35. The number of benzene rings is 2. The molecule has 4 heteroatoms. The zero-order valence-corrected chi connectivity index (χ0v) is 14.0. The minimum absolute atomic E-state index is 0.207. The molecule has 0 spiro atoms. The summed E-state index contributed by atoms with van der Waals surface area (Å²) >= 11 is 3.58. The van der Waals surface area contributed by atoms with Crippen LogP contribution in [0.2, 0.25) is 0 Å². The normalized spacial score (nSPS) is 14.3. The van der Waals surface area contributed by atoms with E-state index < -0.39 is 0 Å². The Labute approximate surface area is 142 Å². The van der Waals surface area contributed by atoms with Gasteiger partial charge in [0.1, 0.15) is 11.6 Å². The molecule has 2 nitrogen and oxygen atoms in total. The minimum Gasteiger partial charge on any atom is -0.507 e. The van der Waals surface area contributed by atoms with Crippen LogP contribution in [-0.2, 0) is 5.33 Å². The molecule has 1 aliphatic rings. The Bertz CT molecular complexity index is 888. The quantitative estimate of drug-likeness (QED) is 0.615. The molecule has 1 aromatic heterocycles. The Morgan fingerprint density at radius 3 is 2.52 bits per heavy atom. The number of aromatic nitrogens is 1. The number of alkyl halides is 1. The van der Waals surface area contributed by atoms with Gasteiger partial charge in [0.2, 0.25) is 0 Å². The second kappa shape index (κ2) is 5.60. The Morgan fingerprint density at radius 1 is 1.13 bits per heavy atom. The standard InChI is InChI=1S/C19H15BrFNO/c20-10-14-17(11-6-8-13(21)9-7-11)18-15(2-1-3-16(18)23)22-19(14)12-4-5-12/h1-3,6-9,12,23H,4-5,10H2. The molecule has 1 N–H and O–H groups in total. The van der Waals surface area contributed by atoms with Crippen molar-refractivity contribution in [1.29, 1.82) is 0 Å². The number of rotatable bonds is 3. The van der Waals surface area contributed by atoms with Gasteiger partial charge in [0, 0.05) is 22.5 Å². The van der Waals surface area contributed by atoms with Crippen LogP contribution in [0.25, 0.3) is 22.0 Å². The van der Waals surface area contributed by atoms with Crippen molar-refractivity contribution >= 4 is 26.8 Å². The van der Waals surface area contributed by atoms with Crippen LogP contribution in [0.15, 0.2) is 42.5 Å². The van der Waals surface area contributed by atoms with E-state index in [-0.39, 0.29) is 11.6 Å². The first kappa shape index (κ1) is 14.6. The van der Waals surface area contributed by atoms with E-state index in [1.807, 2.05) is 12.1 Å². The van der Waals surface area contributed by atoms with Gasteiger partial charge in [-0.3, -0.25) is 4.98 Å². The first-order valence-electron chi connectivity index (χ1n) is 7.65. The van der Waals surface area contributed by atoms with Crippen LogP contribution in [-0.4, -0.2) is 10.1 Å². The second-order valence-corrected chi connectivity index (χ2v) is 6.50. The topological polar surface area (TPSA) is 33.1 Å². The molecule has 0 atom stereocenters. The molecule has 0 radical (unpaired) electrons. The molecule has 0 unspecified atom stereocenters. The summed E-state index contributed by atoms with van der Waals surface area (Å²) in [6.07, 6.45) is 2.31. The number of pyridine rings is 1. The molecule has 1 fully saturated rings. The fourth-order valence-corrected chi connectivity index (χ4v) is 3.69. The molecule has 1 aliphatic carbocycles. The molecular weight excluding hydrogens is 357 g/mol. The SMILES string of the molecule is Oc1cccc2nc(C3CC3)c(CBr)c(-c3ccc(F)cc3)c12. The van der Waals surface area contributed by atoms with Gasteiger partial charge < -0.3 is 5.11 Å². The van der Waals surface area contributed by atoms with E-state index in [1.54, 1.807) is 18.2 Å². The van der Waals surface area contributed by atoms with Crippen molar-refractivity contribution in [1.82, 2.24) is 4.98 Å². The Hall–Kier alpha value is -1.94. The summed E-state index contributed by atoms with van der Waals surface area (Å²) in [5.41, 5.74) is 4.83. The monoisotopic (exact) mass is 371 g/mol. The van der Waals surface area contributed by atoms with Crippen LogP contribution in [0.5, 0.6) is 5.75 Å². The molecule has 116 valence electrons. The smallest absolute Gasteiger partial charge is 0.125 e. The zero-order chi connectivity index (χ0) is 16.0. The van der Waals surface area contributed by atoms with Crippen LogP contribution < -0.4 is 0 Å².